The second-order valence-corrected chi connectivity index (χ2v) is 7.79. The molecule has 0 bridgehead atoms. The number of amides is 1. The zero-order valence-corrected chi connectivity index (χ0v) is 18.3. The minimum atomic E-state index is -0.473. The molecule has 0 saturated carbocycles. The van der Waals surface area contributed by atoms with Gasteiger partial charge in [0.1, 0.15) is 12.3 Å². The average molecular weight is 460 g/mol. The second-order valence-electron chi connectivity index (χ2n) is 7.38. The molecule has 1 N–H and O–H groups in total. The maximum Gasteiger partial charge on any atom is 0.351 e. The monoisotopic (exact) mass is 459 g/mol. The molecule has 0 aliphatic rings. The Bertz CT molecular complexity index is 1560. The highest BCUT2D eigenvalue weighted by atomic mass is 35.5. The molecule has 2 heterocycles. The van der Waals surface area contributed by atoms with Gasteiger partial charge < -0.3 is 10.1 Å². The number of fused-ring (bicyclic) bond motifs is 3. The number of rotatable bonds is 5. The Balaban J connectivity index is 1.56. The lowest BCUT2D eigenvalue weighted by molar-refractivity contribution is -0.117. The Kier molecular flexibility index (Phi) is 5.27. The van der Waals surface area contributed by atoms with Gasteiger partial charge in [-0.1, -0.05) is 48.0 Å². The predicted octanol–water partition coefficient (Wildman–Crippen LogP) is 4.44. The van der Waals surface area contributed by atoms with Crippen molar-refractivity contribution >= 4 is 39.9 Å². The fourth-order valence-electron chi connectivity index (χ4n) is 3.51. The van der Waals surface area contributed by atoms with Crippen molar-refractivity contribution in [1.82, 2.24) is 19.2 Å². The van der Waals surface area contributed by atoms with E-state index in [-0.39, 0.29) is 18.1 Å². The molecule has 3 aromatic carbocycles. The van der Waals surface area contributed by atoms with Crippen LogP contribution in [0.2, 0.25) is 5.02 Å². The van der Waals surface area contributed by atoms with Gasteiger partial charge in [-0.3, -0.25) is 4.79 Å². The first-order chi connectivity index (χ1) is 16.0. The van der Waals surface area contributed by atoms with Crippen LogP contribution in [0, 0.1) is 6.92 Å². The second kappa shape index (κ2) is 8.40. The number of anilines is 1. The van der Waals surface area contributed by atoms with Crippen LogP contribution in [0.5, 0.6) is 11.6 Å². The Morgan fingerprint density at radius 1 is 1.03 bits per heavy atom. The standard InChI is InChI=1S/C24H18ClN5O3/c1-15-17(25)10-7-12-18(15)26-21(31)14-29-24(32)30-20-13-6-5-11-19(20)27-23(22(30)28-29)33-16-8-3-2-4-9-16/h2-13H,14H2,1H3,(H,26,31). The highest BCUT2D eigenvalue weighted by Gasteiger charge is 2.19. The van der Waals surface area contributed by atoms with Crippen molar-refractivity contribution in [1.29, 1.82) is 0 Å². The Morgan fingerprint density at radius 2 is 1.79 bits per heavy atom. The normalized spacial score (nSPS) is 11.1. The van der Waals surface area contributed by atoms with Gasteiger partial charge in [-0.2, -0.15) is 0 Å². The molecule has 0 atom stereocenters. The van der Waals surface area contributed by atoms with Crippen molar-refractivity contribution < 1.29 is 9.53 Å². The molecule has 2 aromatic heterocycles. The third-order valence-electron chi connectivity index (χ3n) is 5.17. The Morgan fingerprint density at radius 3 is 2.61 bits per heavy atom. The number of hydrogen-bond donors (Lipinski definition) is 1. The Hall–Kier alpha value is -4.17. The van der Waals surface area contributed by atoms with Crippen molar-refractivity contribution in [3.8, 4) is 11.6 Å². The van der Waals surface area contributed by atoms with Crippen LogP contribution in [0.3, 0.4) is 0 Å². The minimum Gasteiger partial charge on any atom is -0.436 e. The van der Waals surface area contributed by atoms with Crippen molar-refractivity contribution in [3.63, 3.8) is 0 Å². The van der Waals surface area contributed by atoms with Gasteiger partial charge in [-0.15, -0.1) is 5.10 Å². The number of halogens is 1. The molecule has 5 aromatic rings. The maximum atomic E-state index is 13.2. The van der Waals surface area contributed by atoms with E-state index < -0.39 is 11.6 Å². The number of carbonyl (C=O) groups excluding carboxylic acids is 1. The number of nitrogens with one attached hydrogen (secondary N) is 1. The van der Waals surface area contributed by atoms with Gasteiger partial charge in [0.25, 0.3) is 5.88 Å². The number of carbonyl (C=O) groups is 1. The van der Waals surface area contributed by atoms with Crippen LogP contribution in [0.15, 0.2) is 77.6 Å². The molecule has 164 valence electrons. The number of aromatic nitrogens is 4. The highest BCUT2D eigenvalue weighted by molar-refractivity contribution is 6.31. The van der Waals surface area contributed by atoms with Crippen molar-refractivity contribution in [2.24, 2.45) is 0 Å². The number of nitrogens with zero attached hydrogens (tertiary/aromatic N) is 4. The molecule has 0 radical (unpaired) electrons. The summed E-state index contributed by atoms with van der Waals surface area (Å²) in [4.78, 5) is 30.5. The largest absolute Gasteiger partial charge is 0.436 e. The van der Waals surface area contributed by atoms with Crippen LogP contribution >= 0.6 is 11.6 Å². The summed E-state index contributed by atoms with van der Waals surface area (Å²) in [6.07, 6.45) is 0. The molecule has 0 saturated heterocycles. The zero-order valence-electron chi connectivity index (χ0n) is 17.5. The first-order valence-electron chi connectivity index (χ1n) is 10.2. The van der Waals surface area contributed by atoms with Gasteiger partial charge in [0.05, 0.1) is 11.0 Å². The number of para-hydroxylation sites is 3. The summed E-state index contributed by atoms with van der Waals surface area (Å²) in [5.41, 5.74) is 2.19. The van der Waals surface area contributed by atoms with Crippen LogP contribution in [0.25, 0.3) is 16.7 Å². The maximum absolute atomic E-state index is 13.2. The zero-order chi connectivity index (χ0) is 22.9. The minimum absolute atomic E-state index is 0.168. The quantitative estimate of drug-likeness (QED) is 0.419. The summed E-state index contributed by atoms with van der Waals surface area (Å²) in [5.74, 6) is 0.314. The van der Waals surface area contributed by atoms with Crippen LogP contribution < -0.4 is 15.7 Å². The molecule has 0 spiro atoms. The average Bonchev–Trinajstić information content (AvgIpc) is 3.14. The summed E-state index contributed by atoms with van der Waals surface area (Å²) in [6, 6.07) is 21.5. The molecular weight excluding hydrogens is 442 g/mol. The summed E-state index contributed by atoms with van der Waals surface area (Å²) < 4.78 is 8.43. The highest BCUT2D eigenvalue weighted by Crippen LogP contribution is 2.26. The molecular formula is C24H18ClN5O3. The van der Waals surface area contributed by atoms with Crippen molar-refractivity contribution in [3.05, 3.63) is 93.9 Å². The Labute approximate surface area is 193 Å². The van der Waals surface area contributed by atoms with Gasteiger partial charge in [0, 0.05) is 10.7 Å². The lowest BCUT2D eigenvalue weighted by atomic mass is 10.2. The third-order valence-corrected chi connectivity index (χ3v) is 5.58. The van der Waals surface area contributed by atoms with Gasteiger partial charge in [-0.05, 0) is 48.9 Å². The van der Waals surface area contributed by atoms with E-state index in [1.54, 1.807) is 55.5 Å². The van der Waals surface area contributed by atoms with E-state index in [1.807, 2.05) is 24.3 Å². The fraction of sp³-hybridized carbons (Fsp3) is 0.0833. The first-order valence-corrected chi connectivity index (χ1v) is 10.6. The molecule has 1 amide bonds. The van der Waals surface area contributed by atoms with Crippen LogP contribution in [0.4, 0.5) is 5.69 Å². The smallest absolute Gasteiger partial charge is 0.351 e. The molecule has 0 aliphatic heterocycles. The summed E-state index contributed by atoms with van der Waals surface area (Å²) in [5, 5.41) is 7.70. The molecule has 5 rings (SSSR count). The molecule has 33 heavy (non-hydrogen) atoms. The summed E-state index contributed by atoms with van der Waals surface area (Å²) in [7, 11) is 0. The molecule has 0 unspecified atom stereocenters. The van der Waals surface area contributed by atoms with Gasteiger partial charge in [-0.25, -0.2) is 18.9 Å². The van der Waals surface area contributed by atoms with E-state index >= 15 is 0 Å². The summed E-state index contributed by atoms with van der Waals surface area (Å²) >= 11 is 6.13. The number of ether oxygens (including phenoxy) is 1. The van der Waals surface area contributed by atoms with E-state index in [0.29, 0.717) is 27.5 Å². The van der Waals surface area contributed by atoms with E-state index in [4.69, 9.17) is 16.3 Å². The lowest BCUT2D eigenvalue weighted by Gasteiger charge is -2.09. The SMILES string of the molecule is Cc1c(Cl)cccc1NC(=O)Cn1nc2c(Oc3ccccc3)nc3ccccc3n2c1=O. The van der Waals surface area contributed by atoms with E-state index in [2.05, 4.69) is 15.4 Å². The van der Waals surface area contributed by atoms with E-state index in [1.165, 1.54) is 4.40 Å². The molecule has 0 fully saturated rings. The number of benzene rings is 3. The molecule has 8 nitrogen and oxygen atoms in total. The van der Waals surface area contributed by atoms with E-state index in [9.17, 15) is 9.59 Å². The van der Waals surface area contributed by atoms with Gasteiger partial charge in [0.2, 0.25) is 11.6 Å². The van der Waals surface area contributed by atoms with Crippen molar-refractivity contribution in [2.45, 2.75) is 13.5 Å². The van der Waals surface area contributed by atoms with Crippen LogP contribution in [0.1, 0.15) is 5.56 Å². The molecule has 9 heteroatoms. The van der Waals surface area contributed by atoms with E-state index in [0.717, 1.165) is 10.2 Å². The van der Waals surface area contributed by atoms with Gasteiger partial charge >= 0.3 is 5.69 Å². The number of hydrogen-bond acceptors (Lipinski definition) is 5. The van der Waals surface area contributed by atoms with Crippen LogP contribution in [-0.2, 0) is 11.3 Å². The van der Waals surface area contributed by atoms with Crippen molar-refractivity contribution in [2.75, 3.05) is 5.32 Å². The summed E-state index contributed by atoms with van der Waals surface area (Å²) in [6.45, 7) is 1.52. The van der Waals surface area contributed by atoms with Gasteiger partial charge in [0.15, 0.2) is 0 Å². The lowest BCUT2D eigenvalue weighted by Crippen LogP contribution is -2.28. The predicted molar refractivity (Wildman–Crippen MR) is 126 cm³/mol. The topological polar surface area (TPSA) is 90.5 Å². The molecule has 0 aliphatic carbocycles. The third kappa shape index (κ3) is 3.92. The first kappa shape index (κ1) is 20.7. The fourth-order valence-corrected chi connectivity index (χ4v) is 3.69. The van der Waals surface area contributed by atoms with Crippen LogP contribution in [-0.4, -0.2) is 25.1 Å².